The van der Waals surface area contributed by atoms with E-state index in [2.05, 4.69) is 9.73 Å². The molecule has 0 N–H and O–H groups in total. The van der Waals surface area contributed by atoms with Gasteiger partial charge in [-0.3, -0.25) is 9.79 Å². The lowest BCUT2D eigenvalue weighted by molar-refractivity contribution is -0.137. The molecule has 140 valence electrons. The first kappa shape index (κ1) is 19.4. The Labute approximate surface area is 167 Å². The first-order valence-corrected chi connectivity index (χ1v) is 9.05. The third-order valence-corrected chi connectivity index (χ3v) is 5.13. The van der Waals surface area contributed by atoms with E-state index in [1.165, 1.54) is 7.11 Å². The predicted octanol–water partition coefficient (Wildman–Crippen LogP) is 4.41. The third-order valence-electron chi connectivity index (χ3n) is 4.59. The first-order chi connectivity index (χ1) is 12.7. The van der Waals surface area contributed by atoms with Crippen molar-refractivity contribution in [3.8, 4) is 5.69 Å². The molecular formula is C20H18Cl2N2O3. The van der Waals surface area contributed by atoms with Crippen molar-refractivity contribution in [2.45, 2.75) is 27.2 Å². The van der Waals surface area contributed by atoms with Crippen LogP contribution in [-0.4, -0.2) is 29.1 Å². The van der Waals surface area contributed by atoms with E-state index in [1.54, 1.807) is 19.1 Å². The maximum Gasteiger partial charge on any atom is 0.343 e. The van der Waals surface area contributed by atoms with Gasteiger partial charge >= 0.3 is 5.97 Å². The van der Waals surface area contributed by atoms with E-state index in [0.29, 0.717) is 27.9 Å². The summed E-state index contributed by atoms with van der Waals surface area (Å²) in [6, 6.07) is 7.31. The van der Waals surface area contributed by atoms with Crippen molar-refractivity contribution in [3.05, 3.63) is 62.5 Å². The number of carbonyl (C=O) groups is 2. The number of allylic oxidation sites excluding steroid dienone is 1. The fourth-order valence-electron chi connectivity index (χ4n) is 3.30. The van der Waals surface area contributed by atoms with Gasteiger partial charge in [-0.2, -0.15) is 0 Å². The number of methoxy groups -OCH3 is 1. The Bertz CT molecular complexity index is 1030. The second kappa shape index (κ2) is 7.33. The number of rotatable bonds is 4. The number of esters is 1. The van der Waals surface area contributed by atoms with E-state index in [1.807, 2.05) is 30.5 Å². The summed E-state index contributed by atoms with van der Waals surface area (Å²) in [7, 11) is 1.25. The van der Waals surface area contributed by atoms with Crippen LogP contribution in [0.5, 0.6) is 0 Å². The van der Waals surface area contributed by atoms with Crippen LogP contribution in [0, 0.1) is 13.8 Å². The fraction of sp³-hybridized carbons (Fsp3) is 0.250. The Hall–Kier alpha value is -2.37. The number of benzene rings is 1. The van der Waals surface area contributed by atoms with Gasteiger partial charge in [-0.05, 0) is 50.6 Å². The molecule has 0 spiro atoms. The molecule has 0 amide bonds. The van der Waals surface area contributed by atoms with Crippen LogP contribution in [0.3, 0.4) is 0 Å². The summed E-state index contributed by atoms with van der Waals surface area (Å²) in [4.78, 5) is 28.6. The van der Waals surface area contributed by atoms with Crippen LogP contribution >= 0.6 is 23.2 Å². The predicted molar refractivity (Wildman–Crippen MR) is 106 cm³/mol. The second-order valence-electron chi connectivity index (χ2n) is 6.34. The molecule has 3 rings (SSSR count). The zero-order valence-corrected chi connectivity index (χ0v) is 16.9. The number of Topliss-reactive ketones (excluding diaryl/α,β-unsaturated/α-hetero) is 1. The molecule has 1 aromatic heterocycles. The van der Waals surface area contributed by atoms with Crippen molar-refractivity contribution in [1.82, 2.24) is 4.57 Å². The van der Waals surface area contributed by atoms with Gasteiger partial charge in [0.15, 0.2) is 0 Å². The summed E-state index contributed by atoms with van der Waals surface area (Å²) in [5, 5.41) is 1.10. The van der Waals surface area contributed by atoms with Crippen LogP contribution in [0.15, 0.2) is 40.5 Å². The van der Waals surface area contributed by atoms with Crippen molar-refractivity contribution in [2.24, 2.45) is 4.99 Å². The molecule has 5 nitrogen and oxygen atoms in total. The van der Waals surface area contributed by atoms with Crippen molar-refractivity contribution >= 4 is 40.7 Å². The summed E-state index contributed by atoms with van der Waals surface area (Å²) in [5.41, 5.74) is 4.37. The highest BCUT2D eigenvalue weighted by molar-refractivity contribution is 6.53. The number of aryl methyl sites for hydroxylation is 1. The summed E-state index contributed by atoms with van der Waals surface area (Å²) < 4.78 is 6.69. The quantitative estimate of drug-likeness (QED) is 0.559. The lowest BCUT2D eigenvalue weighted by atomic mass is 10.0. The lowest BCUT2D eigenvalue weighted by Gasteiger charge is -2.12. The zero-order valence-electron chi connectivity index (χ0n) is 15.4. The van der Waals surface area contributed by atoms with E-state index in [9.17, 15) is 9.59 Å². The molecule has 0 bridgehead atoms. The van der Waals surface area contributed by atoms with Gasteiger partial charge in [-0.1, -0.05) is 23.2 Å². The number of nitrogens with zero attached hydrogens (tertiary/aromatic N) is 2. The minimum Gasteiger partial charge on any atom is -0.465 e. The van der Waals surface area contributed by atoms with E-state index >= 15 is 0 Å². The molecule has 0 atom stereocenters. The number of ether oxygens (including phenoxy) is 1. The van der Waals surface area contributed by atoms with Crippen molar-refractivity contribution in [3.63, 3.8) is 0 Å². The van der Waals surface area contributed by atoms with Gasteiger partial charge in [0.2, 0.25) is 5.78 Å². The number of ketones is 1. The van der Waals surface area contributed by atoms with Crippen molar-refractivity contribution < 1.29 is 14.3 Å². The van der Waals surface area contributed by atoms with Crippen LogP contribution in [0.4, 0.5) is 0 Å². The van der Waals surface area contributed by atoms with Gasteiger partial charge in [-0.15, -0.1) is 0 Å². The number of hydrogen-bond acceptors (Lipinski definition) is 4. The lowest BCUT2D eigenvalue weighted by Crippen LogP contribution is -2.20. The molecule has 0 fully saturated rings. The van der Waals surface area contributed by atoms with Crippen molar-refractivity contribution in [2.75, 3.05) is 7.11 Å². The maximum atomic E-state index is 12.6. The molecule has 2 aromatic rings. The second-order valence-corrected chi connectivity index (χ2v) is 7.19. The molecule has 2 heterocycles. The normalized spacial score (nSPS) is 14.0. The molecule has 1 aliphatic heterocycles. The average Bonchev–Trinajstić information content (AvgIpc) is 3.04. The van der Waals surface area contributed by atoms with Gasteiger partial charge in [0.1, 0.15) is 5.57 Å². The molecule has 7 heteroatoms. The molecule has 0 radical (unpaired) electrons. The van der Waals surface area contributed by atoms with Gasteiger partial charge in [0.05, 0.1) is 29.2 Å². The molecule has 27 heavy (non-hydrogen) atoms. The smallest absolute Gasteiger partial charge is 0.343 e. The number of aromatic nitrogens is 1. The Morgan fingerprint density at radius 1 is 1.19 bits per heavy atom. The molecule has 1 aliphatic rings. The summed E-state index contributed by atoms with van der Waals surface area (Å²) in [6.45, 7) is 5.55. The number of halogens is 2. The van der Waals surface area contributed by atoms with E-state index in [4.69, 9.17) is 23.2 Å². The Balaban J connectivity index is 1.94. The molecule has 0 unspecified atom stereocenters. The van der Waals surface area contributed by atoms with Crippen molar-refractivity contribution in [1.29, 1.82) is 0 Å². The molecule has 0 saturated heterocycles. The fourth-order valence-corrected chi connectivity index (χ4v) is 3.79. The van der Waals surface area contributed by atoms with E-state index in [-0.39, 0.29) is 11.4 Å². The topological polar surface area (TPSA) is 60.7 Å². The van der Waals surface area contributed by atoms with Gasteiger partial charge in [0.25, 0.3) is 0 Å². The van der Waals surface area contributed by atoms with Gasteiger partial charge < -0.3 is 9.30 Å². The minimum absolute atomic E-state index is 0.00190. The molecular weight excluding hydrogens is 387 g/mol. The highest BCUT2D eigenvalue weighted by Gasteiger charge is 2.32. The Morgan fingerprint density at radius 3 is 2.52 bits per heavy atom. The standard InChI is InChI=1S/C20H18Cl2N2O3/c1-10-7-13(8-16-19(25)18(11(2)23-16)20(26)27-4)12(3)24(10)17-6-5-14(21)9-15(17)22/h5-7,9H,8H2,1-4H3. The SMILES string of the molecule is COC(=O)C1=C(C)N=C(Cc2cc(C)n(-c3ccc(Cl)cc3Cl)c2C)C1=O. The summed E-state index contributed by atoms with van der Waals surface area (Å²) >= 11 is 12.4. The van der Waals surface area contributed by atoms with E-state index < -0.39 is 5.97 Å². The number of aliphatic imine (C=N–C) groups is 1. The monoisotopic (exact) mass is 404 g/mol. The maximum absolute atomic E-state index is 12.6. The van der Waals surface area contributed by atoms with Crippen LogP contribution in [0.25, 0.3) is 5.69 Å². The largest absolute Gasteiger partial charge is 0.465 e. The highest BCUT2D eigenvalue weighted by atomic mass is 35.5. The van der Waals surface area contributed by atoms with Crippen LogP contribution in [0.2, 0.25) is 10.0 Å². The average molecular weight is 405 g/mol. The third kappa shape index (κ3) is 3.45. The van der Waals surface area contributed by atoms with Crippen LogP contribution < -0.4 is 0 Å². The molecule has 0 aliphatic carbocycles. The number of hydrogen-bond donors (Lipinski definition) is 0. The summed E-state index contributed by atoms with van der Waals surface area (Å²) in [5.74, 6) is -1.04. The highest BCUT2D eigenvalue weighted by Crippen LogP contribution is 2.30. The van der Waals surface area contributed by atoms with Crippen LogP contribution in [-0.2, 0) is 20.7 Å². The van der Waals surface area contributed by atoms with Gasteiger partial charge in [-0.25, -0.2) is 4.79 Å². The summed E-state index contributed by atoms with van der Waals surface area (Å²) in [6.07, 6.45) is 0.321. The zero-order chi connectivity index (χ0) is 19.9. The van der Waals surface area contributed by atoms with E-state index in [0.717, 1.165) is 22.6 Å². The number of carbonyl (C=O) groups excluding carboxylic acids is 2. The Kier molecular flexibility index (Phi) is 5.27. The molecule has 0 saturated carbocycles. The minimum atomic E-state index is -0.658. The Morgan fingerprint density at radius 2 is 1.89 bits per heavy atom. The van der Waals surface area contributed by atoms with Gasteiger partial charge in [0, 0.05) is 22.8 Å². The first-order valence-electron chi connectivity index (χ1n) is 8.29. The van der Waals surface area contributed by atoms with Crippen LogP contribution in [0.1, 0.15) is 23.9 Å². The molecule has 1 aromatic carbocycles.